The molecule has 0 amide bonds. The van der Waals surface area contributed by atoms with Gasteiger partial charge in [0.25, 0.3) is 0 Å². The van der Waals surface area contributed by atoms with Gasteiger partial charge in [-0.25, -0.2) is 0 Å². The largest absolute Gasteiger partial charge is 0.310 e. The maximum atomic E-state index is 2.58. The molecule has 5 aliphatic carbocycles. The summed E-state index contributed by atoms with van der Waals surface area (Å²) in [5, 5.41) is 0. The van der Waals surface area contributed by atoms with E-state index in [-0.39, 0.29) is 21.7 Å². The number of rotatable bonds is 4. The third kappa shape index (κ3) is 5.83. The molecule has 14 rings (SSSR count). The van der Waals surface area contributed by atoms with E-state index in [0.717, 1.165) is 5.69 Å². The molecule has 0 N–H and O–H groups in total. The minimum Gasteiger partial charge on any atom is -0.310 e. The average molecular weight is 930 g/mol. The van der Waals surface area contributed by atoms with E-state index in [4.69, 9.17) is 0 Å². The normalized spacial score (nSPS) is 16.4. The van der Waals surface area contributed by atoms with Gasteiger partial charge in [-0.05, 0) is 171 Å². The van der Waals surface area contributed by atoms with Crippen molar-refractivity contribution in [1.82, 2.24) is 0 Å². The Labute approximate surface area is 427 Å². The summed E-state index contributed by atoms with van der Waals surface area (Å²) in [5.41, 5.74) is 30.6. The number of anilines is 3. The van der Waals surface area contributed by atoms with Crippen LogP contribution in [0.25, 0.3) is 55.6 Å². The van der Waals surface area contributed by atoms with E-state index in [0.29, 0.717) is 0 Å². The van der Waals surface area contributed by atoms with Gasteiger partial charge in [0.15, 0.2) is 0 Å². The standard InChI is InChI=1S/C71H63N/c1-67(2,3)45-28-36-62-57(40-45)58-41-46(68(4,5)6)29-37-63(58)71(62)61-25-14-11-19-52(61)55-35-33-49(43-65(55)71)72(48-32-34-54-51-18-10-13-24-60(51)70(64(54)42-48)38-15-16-39-70)47-30-26-44(27-31-47)50-21-17-22-56-53-20-9-12-23-59(53)69(7,8)66(50)56/h9-14,17-37,40-43H,15-16,38-39H2,1-8H3. The molecule has 0 saturated heterocycles. The minimum absolute atomic E-state index is 0.0113. The molecule has 1 heteroatoms. The lowest BCUT2D eigenvalue weighted by Gasteiger charge is -2.33. The molecule has 1 nitrogen and oxygen atoms in total. The van der Waals surface area contributed by atoms with Crippen LogP contribution < -0.4 is 4.90 Å². The summed E-state index contributed by atoms with van der Waals surface area (Å²) in [6.07, 6.45) is 4.92. The summed E-state index contributed by atoms with van der Waals surface area (Å²) in [6, 6.07) is 73.7. The lowest BCUT2D eigenvalue weighted by atomic mass is 9.70. The summed E-state index contributed by atoms with van der Waals surface area (Å²) < 4.78 is 0. The van der Waals surface area contributed by atoms with Gasteiger partial charge in [0.2, 0.25) is 0 Å². The second-order valence-corrected chi connectivity index (χ2v) is 24.4. The number of hydrogen-bond acceptors (Lipinski definition) is 1. The number of hydrogen-bond donors (Lipinski definition) is 0. The third-order valence-electron chi connectivity index (χ3n) is 18.1. The quantitative estimate of drug-likeness (QED) is 0.170. The van der Waals surface area contributed by atoms with E-state index in [9.17, 15) is 0 Å². The molecular weight excluding hydrogens is 867 g/mol. The van der Waals surface area contributed by atoms with Crippen molar-refractivity contribution >= 4 is 17.1 Å². The summed E-state index contributed by atoms with van der Waals surface area (Å²) in [5.74, 6) is 0. The number of nitrogens with zero attached hydrogens (tertiary/aromatic N) is 1. The van der Waals surface area contributed by atoms with Gasteiger partial charge < -0.3 is 4.90 Å². The molecular formula is C71H63N. The fraction of sp³-hybridized carbons (Fsp3) is 0.239. The van der Waals surface area contributed by atoms with E-state index in [1.165, 1.54) is 148 Å². The van der Waals surface area contributed by atoms with E-state index in [1.807, 2.05) is 0 Å². The molecule has 0 atom stereocenters. The molecule has 72 heavy (non-hydrogen) atoms. The van der Waals surface area contributed by atoms with E-state index in [1.54, 1.807) is 0 Å². The molecule has 5 aliphatic rings. The Morgan fingerprint density at radius 1 is 0.347 bits per heavy atom. The number of benzene rings is 9. The molecule has 2 spiro atoms. The first-order valence-electron chi connectivity index (χ1n) is 26.6. The smallest absolute Gasteiger partial charge is 0.0726 e. The van der Waals surface area contributed by atoms with Crippen LogP contribution in [0.15, 0.2) is 188 Å². The molecule has 9 aromatic carbocycles. The van der Waals surface area contributed by atoms with Crippen molar-refractivity contribution in [3.05, 3.63) is 244 Å². The van der Waals surface area contributed by atoms with Crippen LogP contribution in [0.1, 0.15) is 137 Å². The molecule has 0 aliphatic heterocycles. The van der Waals surface area contributed by atoms with Crippen molar-refractivity contribution in [2.24, 2.45) is 0 Å². The molecule has 1 saturated carbocycles. The van der Waals surface area contributed by atoms with Gasteiger partial charge in [0.1, 0.15) is 0 Å². The highest BCUT2D eigenvalue weighted by atomic mass is 15.1. The van der Waals surface area contributed by atoms with Crippen LogP contribution in [0.3, 0.4) is 0 Å². The third-order valence-corrected chi connectivity index (χ3v) is 18.1. The van der Waals surface area contributed by atoms with Gasteiger partial charge in [0, 0.05) is 27.9 Å². The lowest BCUT2D eigenvalue weighted by Crippen LogP contribution is -2.26. The fourth-order valence-corrected chi connectivity index (χ4v) is 14.7. The van der Waals surface area contributed by atoms with Crippen molar-refractivity contribution in [1.29, 1.82) is 0 Å². The highest BCUT2D eigenvalue weighted by Gasteiger charge is 2.53. The molecule has 9 aromatic rings. The molecule has 352 valence electrons. The first kappa shape index (κ1) is 43.6. The van der Waals surface area contributed by atoms with Crippen LogP contribution in [0.4, 0.5) is 17.1 Å². The highest BCUT2D eigenvalue weighted by Crippen LogP contribution is 2.65. The minimum atomic E-state index is -0.486. The van der Waals surface area contributed by atoms with E-state index >= 15 is 0 Å². The first-order valence-corrected chi connectivity index (χ1v) is 26.6. The second kappa shape index (κ2) is 14.9. The Kier molecular flexibility index (Phi) is 9.03. The predicted molar refractivity (Wildman–Crippen MR) is 303 cm³/mol. The van der Waals surface area contributed by atoms with Gasteiger partial charge in [-0.1, -0.05) is 220 Å². The number of fused-ring (bicyclic) bond motifs is 18. The Morgan fingerprint density at radius 2 is 0.792 bits per heavy atom. The van der Waals surface area contributed by atoms with Crippen molar-refractivity contribution in [3.8, 4) is 55.6 Å². The Morgan fingerprint density at radius 3 is 1.39 bits per heavy atom. The molecule has 0 unspecified atom stereocenters. The molecule has 0 bridgehead atoms. The molecule has 0 radical (unpaired) electrons. The monoisotopic (exact) mass is 929 g/mol. The molecule has 0 heterocycles. The lowest BCUT2D eigenvalue weighted by molar-refractivity contribution is 0.550. The summed E-state index contributed by atoms with van der Waals surface area (Å²) >= 11 is 0. The van der Waals surface area contributed by atoms with Crippen molar-refractivity contribution in [2.45, 2.75) is 108 Å². The zero-order valence-corrected chi connectivity index (χ0v) is 43.2. The average Bonchev–Trinajstić information content (AvgIpc) is 4.18. The van der Waals surface area contributed by atoms with Crippen LogP contribution in [-0.4, -0.2) is 0 Å². The van der Waals surface area contributed by atoms with Gasteiger partial charge in [-0.3, -0.25) is 0 Å². The van der Waals surface area contributed by atoms with Gasteiger partial charge in [0.05, 0.1) is 5.41 Å². The second-order valence-electron chi connectivity index (χ2n) is 24.4. The van der Waals surface area contributed by atoms with Crippen LogP contribution >= 0.6 is 0 Å². The van der Waals surface area contributed by atoms with E-state index in [2.05, 4.69) is 248 Å². The topological polar surface area (TPSA) is 3.24 Å². The van der Waals surface area contributed by atoms with Gasteiger partial charge >= 0.3 is 0 Å². The summed E-state index contributed by atoms with van der Waals surface area (Å²) in [4.78, 5) is 2.57. The van der Waals surface area contributed by atoms with Gasteiger partial charge in [-0.15, -0.1) is 0 Å². The highest BCUT2D eigenvalue weighted by molar-refractivity contribution is 5.97. The molecule has 1 fully saturated rings. The summed E-state index contributed by atoms with van der Waals surface area (Å²) in [6.45, 7) is 18.9. The maximum absolute atomic E-state index is 2.58. The van der Waals surface area contributed by atoms with Gasteiger partial charge in [-0.2, -0.15) is 0 Å². The van der Waals surface area contributed by atoms with Crippen molar-refractivity contribution in [3.63, 3.8) is 0 Å². The Balaban J connectivity index is 0.991. The Hall–Kier alpha value is -7.22. The van der Waals surface area contributed by atoms with Crippen LogP contribution in [0.2, 0.25) is 0 Å². The molecule has 0 aromatic heterocycles. The van der Waals surface area contributed by atoms with E-state index < -0.39 is 5.41 Å². The SMILES string of the molecule is CC(C)(C)c1ccc2c(c1)-c1cc(C(C)(C)C)ccc1C21c2ccccc2-c2ccc(N(c3ccc(-c4cccc5c4C(C)(C)c4ccccc4-5)cc3)c3ccc4c(c3)C3(CCCC3)c3ccccc3-4)cc21. The van der Waals surface area contributed by atoms with Crippen molar-refractivity contribution in [2.75, 3.05) is 4.90 Å². The Bertz CT molecular complexity index is 3680. The zero-order chi connectivity index (χ0) is 49.1. The zero-order valence-electron chi connectivity index (χ0n) is 43.2. The van der Waals surface area contributed by atoms with Crippen LogP contribution in [-0.2, 0) is 27.1 Å². The summed E-state index contributed by atoms with van der Waals surface area (Å²) in [7, 11) is 0. The van der Waals surface area contributed by atoms with Crippen LogP contribution in [0.5, 0.6) is 0 Å². The first-order chi connectivity index (χ1) is 34.7. The fourth-order valence-electron chi connectivity index (χ4n) is 14.7. The van der Waals surface area contributed by atoms with Crippen molar-refractivity contribution < 1.29 is 0 Å². The maximum Gasteiger partial charge on any atom is 0.0726 e. The predicted octanol–water partition coefficient (Wildman–Crippen LogP) is 18.9. The van der Waals surface area contributed by atoms with Crippen LogP contribution in [0, 0.1) is 0 Å².